The van der Waals surface area contributed by atoms with Crippen LogP contribution in [0.2, 0.25) is 0 Å². The van der Waals surface area contributed by atoms with E-state index >= 15 is 0 Å². The molecule has 1 amide bonds. The summed E-state index contributed by atoms with van der Waals surface area (Å²) in [5, 5.41) is 2.80. The van der Waals surface area contributed by atoms with Gasteiger partial charge in [0.2, 0.25) is 0 Å². The van der Waals surface area contributed by atoms with Gasteiger partial charge in [-0.05, 0) is 53.4 Å². The zero-order valence-electron chi connectivity index (χ0n) is 12.1. The summed E-state index contributed by atoms with van der Waals surface area (Å²) in [5.41, 5.74) is 0.923. The average molecular weight is 241 g/mol. The fraction of sp³-hybridized carbons (Fsp3) is 0.786. The van der Waals surface area contributed by atoms with Gasteiger partial charge in [-0.15, -0.1) is 0 Å². The second-order valence-corrected chi connectivity index (χ2v) is 5.85. The molecule has 1 atom stereocenters. The Morgan fingerprint density at radius 1 is 1.35 bits per heavy atom. The Balaban J connectivity index is 3.73. The number of hydrogen-bond donors (Lipinski definition) is 1. The normalized spacial score (nSPS) is 12.8. The van der Waals surface area contributed by atoms with Gasteiger partial charge in [0.1, 0.15) is 5.60 Å². The molecular formula is C14H27NO2. The number of amides is 1. The molecule has 0 aromatic carbocycles. The second-order valence-electron chi connectivity index (χ2n) is 5.85. The van der Waals surface area contributed by atoms with Crippen molar-refractivity contribution in [1.29, 1.82) is 0 Å². The standard InChI is InChI=1S/C14H27NO2/c1-11(2)8-7-9-12(3)10-15-13(16)17-14(4,5)6/h8,12H,7,9-10H2,1-6H3,(H,15,16)/t12-/m0/s1. The molecule has 0 aliphatic carbocycles. The molecule has 0 saturated heterocycles. The highest BCUT2D eigenvalue weighted by Crippen LogP contribution is 2.09. The SMILES string of the molecule is CC(C)=CCC[C@H](C)CNC(=O)OC(C)(C)C. The fourth-order valence-electron chi connectivity index (χ4n) is 1.33. The van der Waals surface area contributed by atoms with E-state index in [4.69, 9.17) is 4.74 Å². The third-order valence-electron chi connectivity index (χ3n) is 2.21. The Morgan fingerprint density at radius 2 is 1.94 bits per heavy atom. The van der Waals surface area contributed by atoms with Crippen molar-refractivity contribution in [1.82, 2.24) is 5.32 Å². The lowest BCUT2D eigenvalue weighted by Gasteiger charge is -2.20. The van der Waals surface area contributed by atoms with Crippen molar-refractivity contribution in [3.05, 3.63) is 11.6 Å². The van der Waals surface area contributed by atoms with Gasteiger partial charge >= 0.3 is 6.09 Å². The molecule has 0 heterocycles. The number of hydrogen-bond acceptors (Lipinski definition) is 2. The number of carbonyl (C=O) groups is 1. The van der Waals surface area contributed by atoms with Crippen LogP contribution in [-0.4, -0.2) is 18.2 Å². The van der Waals surface area contributed by atoms with Crippen molar-refractivity contribution < 1.29 is 9.53 Å². The topological polar surface area (TPSA) is 38.3 Å². The molecule has 0 aromatic heterocycles. The van der Waals surface area contributed by atoms with Crippen LogP contribution in [0, 0.1) is 5.92 Å². The molecule has 17 heavy (non-hydrogen) atoms. The fourth-order valence-corrected chi connectivity index (χ4v) is 1.33. The van der Waals surface area contributed by atoms with E-state index < -0.39 is 5.60 Å². The van der Waals surface area contributed by atoms with Crippen LogP contribution in [0.15, 0.2) is 11.6 Å². The van der Waals surface area contributed by atoms with Crippen molar-refractivity contribution >= 4 is 6.09 Å². The molecule has 3 heteroatoms. The van der Waals surface area contributed by atoms with Crippen molar-refractivity contribution in [2.45, 2.75) is 60.0 Å². The van der Waals surface area contributed by atoms with E-state index in [-0.39, 0.29) is 6.09 Å². The maximum atomic E-state index is 11.4. The third kappa shape index (κ3) is 11.3. The van der Waals surface area contributed by atoms with E-state index in [1.807, 2.05) is 20.8 Å². The minimum absolute atomic E-state index is 0.327. The first-order valence-electron chi connectivity index (χ1n) is 6.31. The van der Waals surface area contributed by atoms with Gasteiger partial charge in [0, 0.05) is 6.54 Å². The Morgan fingerprint density at radius 3 is 2.41 bits per heavy atom. The van der Waals surface area contributed by atoms with Crippen LogP contribution in [0.3, 0.4) is 0 Å². The third-order valence-corrected chi connectivity index (χ3v) is 2.21. The summed E-state index contributed by atoms with van der Waals surface area (Å²) in [6.45, 7) is 12.6. The summed E-state index contributed by atoms with van der Waals surface area (Å²) in [7, 11) is 0. The second kappa shape index (κ2) is 7.36. The van der Waals surface area contributed by atoms with E-state index in [0.29, 0.717) is 12.5 Å². The van der Waals surface area contributed by atoms with Gasteiger partial charge < -0.3 is 10.1 Å². The minimum Gasteiger partial charge on any atom is -0.444 e. The smallest absolute Gasteiger partial charge is 0.407 e. The molecule has 0 bridgehead atoms. The van der Waals surface area contributed by atoms with E-state index in [0.717, 1.165) is 12.8 Å². The number of allylic oxidation sites excluding steroid dienone is 2. The van der Waals surface area contributed by atoms with Crippen molar-refractivity contribution in [2.24, 2.45) is 5.92 Å². The molecule has 1 N–H and O–H groups in total. The average Bonchev–Trinajstić information content (AvgIpc) is 2.11. The van der Waals surface area contributed by atoms with Gasteiger partial charge in [-0.2, -0.15) is 0 Å². The van der Waals surface area contributed by atoms with Gasteiger partial charge in [-0.3, -0.25) is 0 Å². The maximum Gasteiger partial charge on any atom is 0.407 e. The molecule has 0 radical (unpaired) electrons. The first kappa shape index (κ1) is 16.0. The molecule has 0 aromatic rings. The number of carbonyl (C=O) groups excluding carboxylic acids is 1. The molecule has 0 fully saturated rings. The Bertz CT molecular complexity index is 260. The summed E-state index contributed by atoms with van der Waals surface area (Å²) in [6, 6.07) is 0. The lowest BCUT2D eigenvalue weighted by Crippen LogP contribution is -2.34. The summed E-state index contributed by atoms with van der Waals surface area (Å²) in [5.74, 6) is 0.470. The zero-order valence-corrected chi connectivity index (χ0v) is 12.1. The number of nitrogens with one attached hydrogen (secondary N) is 1. The van der Waals surface area contributed by atoms with Gasteiger partial charge in [-0.1, -0.05) is 18.6 Å². The summed E-state index contributed by atoms with van der Waals surface area (Å²) in [4.78, 5) is 11.4. The molecule has 0 rings (SSSR count). The lowest BCUT2D eigenvalue weighted by atomic mass is 10.0. The Labute approximate surface area is 106 Å². The largest absolute Gasteiger partial charge is 0.444 e. The van der Waals surface area contributed by atoms with Gasteiger partial charge in [0.15, 0.2) is 0 Å². The van der Waals surface area contributed by atoms with Gasteiger partial charge in [-0.25, -0.2) is 4.79 Å². The van der Waals surface area contributed by atoms with E-state index in [2.05, 4.69) is 32.2 Å². The van der Waals surface area contributed by atoms with E-state index in [9.17, 15) is 4.79 Å². The quantitative estimate of drug-likeness (QED) is 0.741. The summed E-state index contributed by atoms with van der Waals surface area (Å²) < 4.78 is 5.17. The molecular weight excluding hydrogens is 214 g/mol. The minimum atomic E-state index is -0.421. The van der Waals surface area contributed by atoms with Crippen LogP contribution >= 0.6 is 0 Å². The Kier molecular flexibility index (Phi) is 6.93. The predicted octanol–water partition coefficient (Wildman–Crippen LogP) is 3.89. The molecule has 100 valence electrons. The first-order valence-corrected chi connectivity index (χ1v) is 6.31. The molecule has 0 unspecified atom stereocenters. The first-order chi connectivity index (χ1) is 7.70. The zero-order chi connectivity index (χ0) is 13.5. The van der Waals surface area contributed by atoms with E-state index in [1.54, 1.807) is 0 Å². The maximum absolute atomic E-state index is 11.4. The molecule has 0 saturated carbocycles. The summed E-state index contributed by atoms with van der Waals surface area (Å²) in [6.07, 6.45) is 4.05. The number of ether oxygens (including phenoxy) is 1. The molecule has 0 spiro atoms. The van der Waals surface area contributed by atoms with Crippen LogP contribution in [0.1, 0.15) is 54.4 Å². The highest BCUT2D eigenvalue weighted by atomic mass is 16.6. The van der Waals surface area contributed by atoms with Crippen molar-refractivity contribution in [3.8, 4) is 0 Å². The van der Waals surface area contributed by atoms with Gasteiger partial charge in [0.05, 0.1) is 0 Å². The molecule has 3 nitrogen and oxygen atoms in total. The van der Waals surface area contributed by atoms with Crippen LogP contribution in [0.25, 0.3) is 0 Å². The highest BCUT2D eigenvalue weighted by molar-refractivity contribution is 5.67. The molecule has 0 aliphatic rings. The van der Waals surface area contributed by atoms with Crippen LogP contribution in [0.4, 0.5) is 4.79 Å². The Hall–Kier alpha value is -0.990. The monoisotopic (exact) mass is 241 g/mol. The van der Waals surface area contributed by atoms with Crippen LogP contribution < -0.4 is 5.32 Å². The lowest BCUT2D eigenvalue weighted by molar-refractivity contribution is 0.0520. The van der Waals surface area contributed by atoms with Crippen molar-refractivity contribution in [2.75, 3.05) is 6.54 Å². The highest BCUT2D eigenvalue weighted by Gasteiger charge is 2.16. The van der Waals surface area contributed by atoms with Crippen LogP contribution in [-0.2, 0) is 4.74 Å². The van der Waals surface area contributed by atoms with Gasteiger partial charge in [0.25, 0.3) is 0 Å². The molecule has 0 aliphatic heterocycles. The van der Waals surface area contributed by atoms with E-state index in [1.165, 1.54) is 5.57 Å². The van der Waals surface area contributed by atoms with Crippen molar-refractivity contribution in [3.63, 3.8) is 0 Å². The number of rotatable bonds is 5. The number of alkyl carbamates (subject to hydrolysis) is 1. The van der Waals surface area contributed by atoms with Crippen LogP contribution in [0.5, 0.6) is 0 Å². The predicted molar refractivity (Wildman–Crippen MR) is 72.1 cm³/mol. The summed E-state index contributed by atoms with van der Waals surface area (Å²) >= 11 is 0.